The smallest absolute Gasteiger partial charge is 0.0465 e. The van der Waals surface area contributed by atoms with Crippen LogP contribution in [0.1, 0.15) is 0 Å². The predicted octanol–water partition coefficient (Wildman–Crippen LogP) is 1.33. The molecule has 0 unspecified atom stereocenters. The zero-order valence-electron chi connectivity index (χ0n) is 8.14. The molecule has 0 radical (unpaired) electrons. The lowest BCUT2D eigenvalue weighted by Gasteiger charge is -1.86. The standard InChI is InChI=1S/C13H10N2/c1-2-5-12-10(4-1)11-7-9-14-8-3-6-13(11)15-12/h1-9,15H/b6-3?,8-3+,9-7?,11-7-,13-6+,14-8?,14-9+. The van der Waals surface area contributed by atoms with Gasteiger partial charge in [0.15, 0.2) is 0 Å². The second-order valence-electron chi connectivity index (χ2n) is 3.47. The van der Waals surface area contributed by atoms with Crippen molar-refractivity contribution in [1.82, 2.24) is 4.98 Å². The summed E-state index contributed by atoms with van der Waals surface area (Å²) >= 11 is 0. The molecule has 1 N–H and O–H groups in total. The third-order valence-corrected chi connectivity index (χ3v) is 2.54. The molecule has 3 rings (SSSR count). The number of aromatic amines is 1. The van der Waals surface area contributed by atoms with Gasteiger partial charge in [-0.25, -0.2) is 0 Å². The third-order valence-electron chi connectivity index (χ3n) is 2.54. The summed E-state index contributed by atoms with van der Waals surface area (Å²) in [4.78, 5) is 7.49. The SMILES string of the molecule is C1=c2\c([nH]c3ccccc23)=C/C=C/N=C/1. The van der Waals surface area contributed by atoms with Crippen LogP contribution in [0.5, 0.6) is 0 Å². The van der Waals surface area contributed by atoms with E-state index < -0.39 is 0 Å². The number of nitrogens with zero attached hydrogens (tertiary/aromatic N) is 1. The zero-order valence-corrected chi connectivity index (χ0v) is 8.14. The minimum atomic E-state index is 1.14. The number of hydrogen-bond donors (Lipinski definition) is 1. The molecule has 2 heteroatoms. The summed E-state index contributed by atoms with van der Waals surface area (Å²) < 4.78 is 0. The summed E-state index contributed by atoms with van der Waals surface area (Å²) in [6.07, 6.45) is 9.63. The molecule has 2 heterocycles. The van der Waals surface area contributed by atoms with E-state index in [1.807, 2.05) is 30.5 Å². The van der Waals surface area contributed by atoms with Crippen molar-refractivity contribution in [3.8, 4) is 0 Å². The molecule has 2 aromatic rings. The molecule has 1 aliphatic heterocycles. The zero-order chi connectivity index (χ0) is 10.1. The lowest BCUT2D eigenvalue weighted by molar-refractivity contribution is 1.36. The Balaban J connectivity index is 2.56. The fraction of sp³-hybridized carbons (Fsp3) is 0. The average molecular weight is 194 g/mol. The molecule has 0 atom stereocenters. The van der Waals surface area contributed by atoms with Crippen molar-refractivity contribution in [2.75, 3.05) is 0 Å². The Morgan fingerprint density at radius 2 is 2.00 bits per heavy atom. The van der Waals surface area contributed by atoms with Gasteiger partial charge in [0.25, 0.3) is 0 Å². The van der Waals surface area contributed by atoms with Crippen molar-refractivity contribution < 1.29 is 0 Å². The van der Waals surface area contributed by atoms with Crippen LogP contribution in [0.3, 0.4) is 0 Å². The number of fused-ring (bicyclic) bond motifs is 3. The lowest BCUT2D eigenvalue weighted by atomic mass is 10.2. The van der Waals surface area contributed by atoms with E-state index in [9.17, 15) is 0 Å². The van der Waals surface area contributed by atoms with E-state index in [1.54, 1.807) is 6.20 Å². The van der Waals surface area contributed by atoms with Crippen LogP contribution in [0, 0.1) is 0 Å². The van der Waals surface area contributed by atoms with E-state index in [-0.39, 0.29) is 0 Å². The maximum absolute atomic E-state index is 4.11. The molecular weight excluding hydrogens is 184 g/mol. The number of rotatable bonds is 0. The first-order chi connectivity index (χ1) is 7.45. The first-order valence-corrected chi connectivity index (χ1v) is 4.92. The maximum Gasteiger partial charge on any atom is 0.0465 e. The third kappa shape index (κ3) is 1.31. The predicted molar refractivity (Wildman–Crippen MR) is 64.1 cm³/mol. The number of para-hydroxylation sites is 1. The summed E-state index contributed by atoms with van der Waals surface area (Å²) in [5, 5.41) is 3.59. The van der Waals surface area contributed by atoms with E-state index in [2.05, 4.69) is 28.2 Å². The van der Waals surface area contributed by atoms with Crippen LogP contribution in [0.25, 0.3) is 23.1 Å². The molecular formula is C13H10N2. The number of H-pyrrole nitrogens is 1. The van der Waals surface area contributed by atoms with Crippen LogP contribution >= 0.6 is 0 Å². The second kappa shape index (κ2) is 3.24. The fourth-order valence-electron chi connectivity index (χ4n) is 1.85. The molecule has 0 amide bonds. The van der Waals surface area contributed by atoms with Crippen LogP contribution < -0.4 is 10.6 Å². The van der Waals surface area contributed by atoms with Crippen LogP contribution in [-0.4, -0.2) is 11.2 Å². The Kier molecular flexibility index (Phi) is 1.78. The molecule has 1 aliphatic rings. The number of nitrogens with one attached hydrogen (secondary N) is 1. The Hall–Kier alpha value is -2.09. The molecule has 0 fully saturated rings. The maximum atomic E-state index is 4.11. The van der Waals surface area contributed by atoms with Gasteiger partial charge in [-0.1, -0.05) is 18.2 Å². The van der Waals surface area contributed by atoms with Gasteiger partial charge in [0, 0.05) is 33.9 Å². The molecule has 0 saturated carbocycles. The van der Waals surface area contributed by atoms with Gasteiger partial charge in [-0.2, -0.15) is 0 Å². The molecule has 1 aromatic carbocycles. The number of benzene rings is 1. The van der Waals surface area contributed by atoms with Gasteiger partial charge in [0.1, 0.15) is 0 Å². The number of aliphatic imine (C=N–C) groups is 1. The number of hydrogen-bond acceptors (Lipinski definition) is 1. The molecule has 72 valence electrons. The monoisotopic (exact) mass is 194 g/mol. The minimum Gasteiger partial charge on any atom is -0.355 e. The fourth-order valence-corrected chi connectivity index (χ4v) is 1.85. The Labute approximate surface area is 87.0 Å². The van der Waals surface area contributed by atoms with E-state index in [0.29, 0.717) is 0 Å². The Bertz CT molecular complexity index is 672. The van der Waals surface area contributed by atoms with E-state index in [1.165, 1.54) is 16.1 Å². The molecule has 1 aromatic heterocycles. The highest BCUT2D eigenvalue weighted by Gasteiger charge is 1.97. The van der Waals surface area contributed by atoms with Gasteiger partial charge in [0.05, 0.1) is 0 Å². The summed E-state index contributed by atoms with van der Waals surface area (Å²) in [6, 6.07) is 8.29. The molecule has 2 nitrogen and oxygen atoms in total. The van der Waals surface area contributed by atoms with Crippen molar-refractivity contribution in [2.24, 2.45) is 4.99 Å². The van der Waals surface area contributed by atoms with Gasteiger partial charge in [-0.05, 0) is 24.3 Å². The van der Waals surface area contributed by atoms with Crippen molar-refractivity contribution in [3.63, 3.8) is 0 Å². The van der Waals surface area contributed by atoms with Crippen molar-refractivity contribution in [1.29, 1.82) is 0 Å². The van der Waals surface area contributed by atoms with Gasteiger partial charge >= 0.3 is 0 Å². The minimum absolute atomic E-state index is 1.14. The average Bonchev–Trinajstić information content (AvgIpc) is 2.55. The van der Waals surface area contributed by atoms with E-state index in [4.69, 9.17) is 0 Å². The molecule has 0 aliphatic carbocycles. The summed E-state index contributed by atoms with van der Waals surface area (Å²) in [5.74, 6) is 0. The molecule has 15 heavy (non-hydrogen) atoms. The summed E-state index contributed by atoms with van der Waals surface area (Å²) in [5.41, 5.74) is 1.17. The normalized spacial score (nSPS) is 22.7. The van der Waals surface area contributed by atoms with Crippen molar-refractivity contribution in [3.05, 3.63) is 47.1 Å². The van der Waals surface area contributed by atoms with E-state index in [0.717, 1.165) is 5.35 Å². The van der Waals surface area contributed by atoms with Gasteiger partial charge in [-0.3, -0.25) is 4.99 Å². The van der Waals surface area contributed by atoms with Gasteiger partial charge in [0.2, 0.25) is 0 Å². The lowest BCUT2D eigenvalue weighted by Crippen LogP contribution is -2.22. The molecule has 0 spiro atoms. The van der Waals surface area contributed by atoms with Crippen molar-refractivity contribution in [2.45, 2.75) is 0 Å². The molecule has 0 bridgehead atoms. The Morgan fingerprint density at radius 3 is 3.00 bits per heavy atom. The first kappa shape index (κ1) is 8.24. The van der Waals surface area contributed by atoms with E-state index >= 15 is 0 Å². The highest BCUT2D eigenvalue weighted by molar-refractivity contribution is 5.95. The Morgan fingerprint density at radius 1 is 1.07 bits per heavy atom. The largest absolute Gasteiger partial charge is 0.355 e. The highest BCUT2D eigenvalue weighted by atomic mass is 14.7. The van der Waals surface area contributed by atoms with Crippen LogP contribution in [-0.2, 0) is 0 Å². The van der Waals surface area contributed by atoms with Gasteiger partial charge in [-0.15, -0.1) is 0 Å². The quantitative estimate of drug-likeness (QED) is 0.655. The number of aromatic nitrogens is 1. The van der Waals surface area contributed by atoms with Gasteiger partial charge < -0.3 is 4.98 Å². The molecule has 0 saturated heterocycles. The van der Waals surface area contributed by atoms with Crippen LogP contribution in [0.15, 0.2) is 41.5 Å². The summed E-state index contributed by atoms with van der Waals surface area (Å²) in [6.45, 7) is 0. The number of allylic oxidation sites excluding steroid dienone is 1. The summed E-state index contributed by atoms with van der Waals surface area (Å²) in [7, 11) is 0. The van der Waals surface area contributed by atoms with Crippen LogP contribution in [0.2, 0.25) is 0 Å². The van der Waals surface area contributed by atoms with Crippen LogP contribution in [0.4, 0.5) is 0 Å². The highest BCUT2D eigenvalue weighted by Crippen LogP contribution is 2.03. The second-order valence-corrected chi connectivity index (χ2v) is 3.47. The first-order valence-electron chi connectivity index (χ1n) is 4.92. The topological polar surface area (TPSA) is 28.1 Å². The van der Waals surface area contributed by atoms with Crippen molar-refractivity contribution >= 4 is 29.3 Å².